The number of fused-ring (bicyclic) bond motifs is 2. The summed E-state index contributed by atoms with van der Waals surface area (Å²) in [5, 5.41) is 0.569. The molecule has 1 fully saturated rings. The molecule has 1 aromatic heterocycles. The van der Waals surface area contributed by atoms with E-state index in [-0.39, 0.29) is 32.0 Å². The average Bonchev–Trinajstić information content (AvgIpc) is 3.33. The molecule has 1 unspecified atom stereocenters. The first-order valence-electron chi connectivity index (χ1n) is 8.66. The standard InChI is InChI=1S/C18H14BrClF3N3O2S/c19-10-1-2-12-11(5-10)17(3-4-25(8-17)16(28)18(21,22)23)9-26(12)15(27)6-14-24-7-13(20)29-14/h1-2,5,7H,3-4,6,8-9H2. The summed E-state index contributed by atoms with van der Waals surface area (Å²) in [5.41, 5.74) is 0.702. The fourth-order valence-corrected chi connectivity index (χ4v) is 5.34. The number of alkyl halides is 3. The lowest BCUT2D eigenvalue weighted by Crippen LogP contribution is -2.43. The minimum Gasteiger partial charge on any atom is -0.334 e. The molecule has 3 heterocycles. The Morgan fingerprint density at radius 1 is 1.31 bits per heavy atom. The van der Waals surface area contributed by atoms with Gasteiger partial charge in [-0.1, -0.05) is 27.5 Å². The van der Waals surface area contributed by atoms with Crippen molar-refractivity contribution in [1.29, 1.82) is 0 Å². The maximum Gasteiger partial charge on any atom is 0.471 e. The summed E-state index contributed by atoms with van der Waals surface area (Å²) in [7, 11) is 0. The fourth-order valence-electron chi connectivity index (χ4n) is 4.03. The fraction of sp³-hybridized carbons (Fsp3) is 0.389. The molecule has 2 aliphatic rings. The maximum atomic E-state index is 13.0. The van der Waals surface area contributed by atoms with Crippen molar-refractivity contribution in [3.63, 3.8) is 0 Å². The SMILES string of the molecule is O=C(Cc1ncc(Cl)s1)N1CC2(CCN(C(=O)C(F)(F)F)C2)c2cc(Br)ccc21. The summed E-state index contributed by atoms with van der Waals surface area (Å²) in [4.78, 5) is 31.2. The number of nitrogens with zero attached hydrogens (tertiary/aromatic N) is 3. The van der Waals surface area contributed by atoms with Crippen molar-refractivity contribution in [2.24, 2.45) is 0 Å². The van der Waals surface area contributed by atoms with E-state index in [1.165, 1.54) is 17.5 Å². The Morgan fingerprint density at radius 2 is 2.07 bits per heavy atom. The van der Waals surface area contributed by atoms with Gasteiger partial charge >= 0.3 is 12.1 Å². The van der Waals surface area contributed by atoms with Crippen molar-refractivity contribution >= 4 is 56.4 Å². The second kappa shape index (κ2) is 7.24. The summed E-state index contributed by atoms with van der Waals surface area (Å²) in [6.45, 7) is 0.133. The highest BCUT2D eigenvalue weighted by Gasteiger charge is 2.53. The molecule has 1 spiro atoms. The van der Waals surface area contributed by atoms with Crippen LogP contribution in [0.15, 0.2) is 28.9 Å². The van der Waals surface area contributed by atoms with Crippen molar-refractivity contribution in [3.05, 3.63) is 43.8 Å². The number of rotatable bonds is 2. The number of hydrogen-bond donors (Lipinski definition) is 0. The largest absolute Gasteiger partial charge is 0.471 e. The molecule has 29 heavy (non-hydrogen) atoms. The van der Waals surface area contributed by atoms with Gasteiger partial charge in [0.1, 0.15) is 9.34 Å². The molecule has 0 bridgehead atoms. The maximum absolute atomic E-state index is 13.0. The van der Waals surface area contributed by atoms with Gasteiger partial charge in [-0.3, -0.25) is 9.59 Å². The van der Waals surface area contributed by atoms with Crippen LogP contribution < -0.4 is 4.90 Å². The summed E-state index contributed by atoms with van der Waals surface area (Å²) in [6, 6.07) is 5.38. The molecule has 5 nitrogen and oxygen atoms in total. The van der Waals surface area contributed by atoms with E-state index in [1.807, 2.05) is 6.07 Å². The zero-order valence-corrected chi connectivity index (χ0v) is 18.0. The zero-order chi connectivity index (χ0) is 21.0. The molecule has 1 saturated heterocycles. The van der Waals surface area contributed by atoms with Gasteiger partial charge in [-0.05, 0) is 30.2 Å². The molecule has 0 saturated carbocycles. The molecule has 1 aromatic carbocycles. The highest BCUT2D eigenvalue weighted by molar-refractivity contribution is 9.10. The number of carbonyl (C=O) groups is 2. The van der Waals surface area contributed by atoms with Crippen molar-refractivity contribution in [1.82, 2.24) is 9.88 Å². The van der Waals surface area contributed by atoms with Crippen LogP contribution in [0.25, 0.3) is 0 Å². The molecular formula is C18H14BrClF3N3O2S. The highest BCUT2D eigenvalue weighted by atomic mass is 79.9. The van der Waals surface area contributed by atoms with E-state index >= 15 is 0 Å². The summed E-state index contributed by atoms with van der Waals surface area (Å²) in [6.07, 6.45) is -3.04. The van der Waals surface area contributed by atoms with E-state index in [0.29, 0.717) is 21.5 Å². The normalized spacial score (nSPS) is 21.1. The van der Waals surface area contributed by atoms with E-state index in [9.17, 15) is 22.8 Å². The first-order chi connectivity index (χ1) is 13.6. The third kappa shape index (κ3) is 3.77. The Balaban J connectivity index is 1.63. The number of carbonyl (C=O) groups excluding carboxylic acids is 2. The van der Waals surface area contributed by atoms with Gasteiger partial charge in [-0.2, -0.15) is 13.2 Å². The van der Waals surface area contributed by atoms with Crippen LogP contribution in [0.1, 0.15) is 17.0 Å². The van der Waals surface area contributed by atoms with E-state index in [1.54, 1.807) is 17.0 Å². The molecule has 1 atom stereocenters. The van der Waals surface area contributed by atoms with E-state index in [4.69, 9.17) is 11.6 Å². The highest BCUT2D eigenvalue weighted by Crippen LogP contribution is 2.48. The molecule has 4 rings (SSSR count). The van der Waals surface area contributed by atoms with Gasteiger partial charge in [0.15, 0.2) is 0 Å². The molecule has 154 valence electrons. The molecule has 2 amide bonds. The number of benzene rings is 1. The lowest BCUT2D eigenvalue weighted by Gasteiger charge is -2.26. The van der Waals surface area contributed by atoms with Crippen molar-refractivity contribution in [2.75, 3.05) is 24.5 Å². The van der Waals surface area contributed by atoms with Crippen molar-refractivity contribution < 1.29 is 22.8 Å². The molecule has 2 aliphatic heterocycles. The van der Waals surface area contributed by atoms with Crippen molar-refractivity contribution in [2.45, 2.75) is 24.4 Å². The molecular weight excluding hydrogens is 495 g/mol. The van der Waals surface area contributed by atoms with Gasteiger partial charge in [0, 0.05) is 35.2 Å². The van der Waals surface area contributed by atoms with Crippen LogP contribution in [0, 0.1) is 0 Å². The zero-order valence-electron chi connectivity index (χ0n) is 14.8. The molecule has 0 N–H and O–H groups in total. The summed E-state index contributed by atoms with van der Waals surface area (Å²) in [5.74, 6) is -2.05. The van der Waals surface area contributed by atoms with Gasteiger partial charge in [-0.15, -0.1) is 11.3 Å². The smallest absolute Gasteiger partial charge is 0.334 e. The second-order valence-corrected chi connectivity index (χ2v) is 9.79. The Kier molecular flexibility index (Phi) is 5.15. The van der Waals surface area contributed by atoms with Crippen LogP contribution in [-0.4, -0.2) is 47.5 Å². The minimum absolute atomic E-state index is 0.00554. The van der Waals surface area contributed by atoms with Crippen LogP contribution in [0.3, 0.4) is 0 Å². The Morgan fingerprint density at radius 3 is 2.72 bits per heavy atom. The Bertz CT molecular complexity index is 999. The number of anilines is 1. The molecule has 0 radical (unpaired) electrons. The van der Waals surface area contributed by atoms with Crippen LogP contribution >= 0.6 is 38.9 Å². The quantitative estimate of drug-likeness (QED) is 0.612. The number of hydrogen-bond acceptors (Lipinski definition) is 4. The lowest BCUT2D eigenvalue weighted by molar-refractivity contribution is -0.184. The van der Waals surface area contributed by atoms with Crippen molar-refractivity contribution in [3.8, 4) is 0 Å². The van der Waals surface area contributed by atoms with Crippen LogP contribution in [-0.2, 0) is 21.4 Å². The van der Waals surface area contributed by atoms with Gasteiger partial charge in [0.25, 0.3) is 0 Å². The van der Waals surface area contributed by atoms with Crippen LogP contribution in [0.5, 0.6) is 0 Å². The number of likely N-dealkylation sites (tertiary alicyclic amines) is 1. The number of halogens is 5. The van der Waals surface area contributed by atoms with Gasteiger partial charge in [-0.25, -0.2) is 4.98 Å². The van der Waals surface area contributed by atoms with Gasteiger partial charge in [0.2, 0.25) is 5.91 Å². The summed E-state index contributed by atoms with van der Waals surface area (Å²) < 4.78 is 40.0. The topological polar surface area (TPSA) is 53.5 Å². The number of amides is 2. The third-order valence-electron chi connectivity index (χ3n) is 5.29. The lowest BCUT2D eigenvalue weighted by atomic mass is 9.81. The predicted octanol–water partition coefficient (Wildman–Crippen LogP) is 4.18. The first kappa shape index (κ1) is 20.6. The van der Waals surface area contributed by atoms with Gasteiger partial charge < -0.3 is 9.80 Å². The number of thiazole rings is 1. The predicted molar refractivity (Wildman–Crippen MR) is 106 cm³/mol. The van der Waals surface area contributed by atoms with E-state index in [2.05, 4.69) is 20.9 Å². The van der Waals surface area contributed by atoms with E-state index in [0.717, 1.165) is 14.9 Å². The van der Waals surface area contributed by atoms with Crippen LogP contribution in [0.2, 0.25) is 4.34 Å². The Hall–Kier alpha value is -1.65. The first-order valence-corrected chi connectivity index (χ1v) is 10.6. The monoisotopic (exact) mass is 507 g/mol. The average molecular weight is 509 g/mol. The minimum atomic E-state index is -4.91. The Labute approximate surface area is 181 Å². The second-order valence-electron chi connectivity index (χ2n) is 7.13. The third-order valence-corrected chi connectivity index (χ3v) is 6.90. The molecule has 11 heteroatoms. The summed E-state index contributed by atoms with van der Waals surface area (Å²) >= 11 is 10.5. The molecule has 2 aromatic rings. The molecule has 0 aliphatic carbocycles. The van der Waals surface area contributed by atoms with Gasteiger partial charge in [0.05, 0.1) is 12.6 Å². The number of aromatic nitrogens is 1. The van der Waals surface area contributed by atoms with Crippen LogP contribution in [0.4, 0.5) is 18.9 Å². The van der Waals surface area contributed by atoms with E-state index < -0.39 is 17.5 Å².